The third-order valence-electron chi connectivity index (χ3n) is 5.12. The van der Waals surface area contributed by atoms with Gasteiger partial charge in [-0.05, 0) is 54.1 Å². The summed E-state index contributed by atoms with van der Waals surface area (Å²) in [7, 11) is 0. The fourth-order valence-corrected chi connectivity index (χ4v) is 3.44. The Bertz CT molecular complexity index is 1450. The van der Waals surface area contributed by atoms with E-state index >= 15 is 0 Å². The van der Waals surface area contributed by atoms with Crippen LogP contribution >= 0.6 is 0 Å². The summed E-state index contributed by atoms with van der Waals surface area (Å²) >= 11 is 0. The lowest BCUT2D eigenvalue weighted by Crippen LogP contribution is -2.12. The van der Waals surface area contributed by atoms with Crippen LogP contribution in [0, 0.1) is 22.6 Å². The van der Waals surface area contributed by atoms with Gasteiger partial charge in [0.25, 0.3) is 0 Å². The largest absolute Gasteiger partial charge is 0.507 e. The second-order valence-electron chi connectivity index (χ2n) is 7.38. The summed E-state index contributed by atoms with van der Waals surface area (Å²) in [5.74, 6) is -1.47. The zero-order valence-electron chi connectivity index (χ0n) is 18.0. The first-order valence-electron chi connectivity index (χ1n) is 10.0. The Morgan fingerprint density at radius 3 is 2.51 bits per heavy atom. The van der Waals surface area contributed by atoms with Gasteiger partial charge in [0.15, 0.2) is 0 Å². The molecule has 0 radical (unpaired) electrons. The standard InChI is InChI=1S/C17H12F4N2.C8H6N2O2/c18-13-4-5-15(17(19,20)21)12(8-13)10-23-7-6-14-11(9-22)2-1-3-16(14)23;9-4-6-3-5(8(10)12)1-2-7(6)11/h1-9,22H,10H2;1-3,11H,(H2,10,12). The predicted octanol–water partition coefficient (Wildman–Crippen LogP) is 5.21. The minimum atomic E-state index is -4.54. The molecule has 4 N–H and O–H groups in total. The van der Waals surface area contributed by atoms with Crippen molar-refractivity contribution in [3.63, 3.8) is 0 Å². The lowest BCUT2D eigenvalue weighted by atomic mass is 10.1. The Hall–Kier alpha value is -4.65. The number of phenolic OH excluding ortho intramolecular Hbond substituents is 1. The molecule has 4 rings (SSSR count). The zero-order valence-corrected chi connectivity index (χ0v) is 18.0. The molecule has 0 bridgehead atoms. The van der Waals surface area contributed by atoms with E-state index in [0.717, 1.165) is 23.6 Å². The number of aromatic nitrogens is 1. The molecule has 1 amide bonds. The maximum Gasteiger partial charge on any atom is 0.416 e. The van der Waals surface area contributed by atoms with E-state index in [2.05, 4.69) is 0 Å². The van der Waals surface area contributed by atoms with Crippen molar-refractivity contribution in [1.82, 2.24) is 4.57 Å². The molecule has 3 aromatic carbocycles. The molecule has 0 aliphatic heterocycles. The summed E-state index contributed by atoms with van der Waals surface area (Å²) < 4.78 is 54.2. The normalized spacial score (nSPS) is 10.8. The van der Waals surface area contributed by atoms with E-state index in [0.29, 0.717) is 11.1 Å². The number of carbonyl (C=O) groups excluding carboxylic acids is 1. The van der Waals surface area contributed by atoms with Crippen molar-refractivity contribution in [2.24, 2.45) is 5.73 Å². The monoisotopic (exact) mass is 482 g/mol. The highest BCUT2D eigenvalue weighted by molar-refractivity contribution is 5.98. The number of rotatable bonds is 4. The van der Waals surface area contributed by atoms with E-state index < -0.39 is 23.5 Å². The van der Waals surface area contributed by atoms with Crippen LogP contribution in [0.5, 0.6) is 5.75 Å². The van der Waals surface area contributed by atoms with Gasteiger partial charge in [-0.1, -0.05) is 12.1 Å². The summed E-state index contributed by atoms with van der Waals surface area (Å²) in [5.41, 5.74) is 5.62. The lowest BCUT2D eigenvalue weighted by molar-refractivity contribution is -0.138. The molecule has 0 unspecified atom stereocenters. The third-order valence-corrected chi connectivity index (χ3v) is 5.12. The van der Waals surface area contributed by atoms with Crippen LogP contribution in [0.1, 0.15) is 32.6 Å². The van der Waals surface area contributed by atoms with Crippen molar-refractivity contribution in [2.75, 3.05) is 0 Å². The van der Waals surface area contributed by atoms with E-state index in [1.54, 1.807) is 41.1 Å². The molecule has 0 fully saturated rings. The van der Waals surface area contributed by atoms with Crippen LogP contribution in [0.4, 0.5) is 17.6 Å². The second-order valence-corrected chi connectivity index (χ2v) is 7.38. The number of alkyl halides is 3. The van der Waals surface area contributed by atoms with E-state index in [1.807, 2.05) is 0 Å². The predicted molar refractivity (Wildman–Crippen MR) is 122 cm³/mol. The third kappa shape index (κ3) is 5.65. The molecule has 0 atom stereocenters. The molecule has 178 valence electrons. The molecule has 35 heavy (non-hydrogen) atoms. The van der Waals surface area contributed by atoms with Crippen LogP contribution in [-0.4, -0.2) is 21.8 Å². The Morgan fingerprint density at radius 1 is 1.14 bits per heavy atom. The molecule has 10 heteroatoms. The Balaban J connectivity index is 0.000000241. The maximum absolute atomic E-state index is 13.4. The fraction of sp³-hybridized carbons (Fsp3) is 0.0800. The van der Waals surface area contributed by atoms with Crippen LogP contribution in [0.2, 0.25) is 0 Å². The molecule has 0 aliphatic carbocycles. The first-order valence-corrected chi connectivity index (χ1v) is 10.0. The van der Waals surface area contributed by atoms with Crippen LogP contribution in [-0.2, 0) is 12.7 Å². The van der Waals surface area contributed by atoms with Gasteiger partial charge in [0.05, 0.1) is 11.1 Å². The van der Waals surface area contributed by atoms with E-state index in [4.69, 9.17) is 21.5 Å². The van der Waals surface area contributed by atoms with E-state index in [1.165, 1.54) is 24.4 Å². The number of amides is 1. The van der Waals surface area contributed by atoms with E-state index in [9.17, 15) is 22.4 Å². The number of hydrogen-bond donors (Lipinski definition) is 3. The van der Waals surface area contributed by atoms with Gasteiger partial charge >= 0.3 is 6.18 Å². The zero-order chi connectivity index (χ0) is 25.8. The number of hydrogen-bond acceptors (Lipinski definition) is 4. The van der Waals surface area contributed by atoms with Crippen LogP contribution in [0.25, 0.3) is 10.9 Å². The van der Waals surface area contributed by atoms with Crippen LogP contribution in [0.15, 0.2) is 66.9 Å². The average Bonchev–Trinajstić information content (AvgIpc) is 3.22. The minimum absolute atomic E-state index is 0.0475. The number of nitriles is 1. The number of halogens is 4. The van der Waals surface area contributed by atoms with Crippen molar-refractivity contribution < 1.29 is 27.5 Å². The molecular weight excluding hydrogens is 464 g/mol. The van der Waals surface area contributed by atoms with Crippen molar-refractivity contribution in [2.45, 2.75) is 12.7 Å². The number of phenols is 1. The smallest absolute Gasteiger partial charge is 0.416 e. The number of fused-ring (bicyclic) bond motifs is 1. The van der Waals surface area contributed by atoms with Gasteiger partial charge in [0.1, 0.15) is 17.6 Å². The fourth-order valence-electron chi connectivity index (χ4n) is 3.44. The molecule has 4 aromatic rings. The first kappa shape index (κ1) is 25.0. The molecule has 0 spiro atoms. The van der Waals surface area contributed by atoms with Gasteiger partial charge in [0, 0.05) is 41.0 Å². The molecule has 1 aromatic heterocycles. The summed E-state index contributed by atoms with van der Waals surface area (Å²) in [5, 5.41) is 25.6. The molecule has 0 aliphatic rings. The lowest BCUT2D eigenvalue weighted by Gasteiger charge is -2.14. The van der Waals surface area contributed by atoms with Gasteiger partial charge in [-0.2, -0.15) is 18.4 Å². The summed E-state index contributed by atoms with van der Waals surface area (Å²) in [4.78, 5) is 10.6. The van der Waals surface area contributed by atoms with Gasteiger partial charge in [-0.25, -0.2) is 4.39 Å². The number of nitrogens with zero attached hydrogens (tertiary/aromatic N) is 2. The first-order chi connectivity index (χ1) is 16.5. The Morgan fingerprint density at radius 2 is 1.89 bits per heavy atom. The number of carbonyl (C=O) groups is 1. The van der Waals surface area contributed by atoms with Crippen molar-refractivity contribution in [3.8, 4) is 11.8 Å². The number of benzene rings is 3. The quantitative estimate of drug-likeness (QED) is 0.274. The molecular formula is C25H18F4N4O2. The molecule has 1 heterocycles. The van der Waals surface area contributed by atoms with Crippen LogP contribution < -0.4 is 5.73 Å². The highest BCUT2D eigenvalue weighted by Crippen LogP contribution is 2.33. The number of primary amides is 1. The summed E-state index contributed by atoms with van der Waals surface area (Å²) in [6.45, 7) is -0.0996. The van der Waals surface area contributed by atoms with Gasteiger partial charge in [-0.3, -0.25) is 4.79 Å². The molecule has 0 saturated heterocycles. The average molecular weight is 482 g/mol. The number of nitrogens with two attached hydrogens (primary N) is 1. The highest BCUT2D eigenvalue weighted by atomic mass is 19.4. The van der Waals surface area contributed by atoms with Gasteiger partial charge < -0.3 is 20.8 Å². The molecule has 6 nitrogen and oxygen atoms in total. The maximum atomic E-state index is 13.4. The van der Waals surface area contributed by atoms with Gasteiger partial charge in [0.2, 0.25) is 5.91 Å². The second kappa shape index (κ2) is 10.1. The SMILES string of the molecule is N#Cc1cc(C(N)=O)ccc1O.N=Cc1cccc2c1ccn2Cc1cc(F)ccc1C(F)(F)F. The molecule has 0 saturated carbocycles. The Labute approximate surface area is 197 Å². The topological polar surface area (TPSA) is 116 Å². The van der Waals surface area contributed by atoms with Crippen molar-refractivity contribution in [3.05, 3.63) is 100 Å². The van der Waals surface area contributed by atoms with E-state index in [-0.39, 0.29) is 29.0 Å². The highest BCUT2D eigenvalue weighted by Gasteiger charge is 2.33. The summed E-state index contributed by atoms with van der Waals surface area (Å²) in [6, 6.07) is 15.1. The number of aromatic hydroxyl groups is 1. The van der Waals surface area contributed by atoms with Crippen molar-refractivity contribution in [1.29, 1.82) is 10.7 Å². The minimum Gasteiger partial charge on any atom is -0.507 e. The van der Waals surface area contributed by atoms with Gasteiger partial charge in [-0.15, -0.1) is 0 Å². The summed E-state index contributed by atoms with van der Waals surface area (Å²) in [6.07, 6.45) is -1.70. The Kier molecular flexibility index (Phi) is 7.20. The van der Waals surface area contributed by atoms with Crippen LogP contribution in [0.3, 0.4) is 0 Å². The van der Waals surface area contributed by atoms with Crippen molar-refractivity contribution >= 4 is 23.0 Å². The number of nitrogens with one attached hydrogen (secondary N) is 1.